The van der Waals surface area contributed by atoms with Crippen molar-refractivity contribution in [2.45, 2.75) is 95.9 Å². The van der Waals surface area contributed by atoms with E-state index >= 15 is 0 Å². The first kappa shape index (κ1) is 22.1. The number of aliphatic hydroxyl groups excluding tert-OH is 3. The lowest BCUT2D eigenvalue weighted by molar-refractivity contribution is -0.137. The Balaban J connectivity index is 2.38. The van der Waals surface area contributed by atoms with E-state index in [9.17, 15) is 20.1 Å². The summed E-state index contributed by atoms with van der Waals surface area (Å²) >= 11 is 0. The molecule has 0 heterocycles. The zero-order chi connectivity index (χ0) is 18.7. The van der Waals surface area contributed by atoms with Gasteiger partial charge in [0.15, 0.2) is 0 Å². The SMILES string of the molecule is CCCCC[C@H](O)/C=C\[C@@H]1[C@@H](CCCCCCC(=O)O)[C@H](O)C[C@H]1O. The molecular weight excluding hydrogens is 320 g/mol. The standard InChI is InChI=1S/C20H36O5/c1-2-3-6-9-15(21)12-13-17-16(18(22)14-19(17)23)10-7-4-5-8-11-20(24)25/h12-13,15-19,21-23H,2-11,14H2,1H3,(H,24,25)/b13-12-/t15-,16+,17+,18+,19+/m0/s1. The smallest absolute Gasteiger partial charge is 0.303 e. The molecule has 1 aliphatic rings. The molecule has 1 aliphatic carbocycles. The Kier molecular flexibility index (Phi) is 11.0. The van der Waals surface area contributed by atoms with Gasteiger partial charge in [0.25, 0.3) is 0 Å². The fraction of sp³-hybridized carbons (Fsp3) is 0.850. The zero-order valence-electron chi connectivity index (χ0n) is 15.5. The van der Waals surface area contributed by atoms with Crippen LogP contribution in [0.15, 0.2) is 12.2 Å². The summed E-state index contributed by atoms with van der Waals surface area (Å²) in [5.74, 6) is -0.833. The highest BCUT2D eigenvalue weighted by atomic mass is 16.4. The van der Waals surface area contributed by atoms with Gasteiger partial charge in [-0.25, -0.2) is 0 Å². The van der Waals surface area contributed by atoms with E-state index < -0.39 is 24.3 Å². The average Bonchev–Trinajstić information content (AvgIpc) is 2.82. The molecular formula is C20H36O5. The van der Waals surface area contributed by atoms with Crippen molar-refractivity contribution >= 4 is 5.97 Å². The minimum absolute atomic E-state index is 0.0218. The Bertz CT molecular complexity index is 396. The minimum Gasteiger partial charge on any atom is -0.481 e. The van der Waals surface area contributed by atoms with Crippen LogP contribution < -0.4 is 0 Å². The molecule has 1 rings (SSSR count). The van der Waals surface area contributed by atoms with Crippen LogP contribution in [0, 0.1) is 11.8 Å². The van der Waals surface area contributed by atoms with Crippen LogP contribution >= 0.6 is 0 Å². The summed E-state index contributed by atoms with van der Waals surface area (Å²) in [7, 11) is 0. The zero-order valence-corrected chi connectivity index (χ0v) is 15.5. The summed E-state index contributed by atoms with van der Waals surface area (Å²) in [6.07, 6.45) is 11.0. The summed E-state index contributed by atoms with van der Waals surface area (Å²) in [6, 6.07) is 0. The van der Waals surface area contributed by atoms with E-state index in [0.29, 0.717) is 12.8 Å². The van der Waals surface area contributed by atoms with Gasteiger partial charge in [-0.05, 0) is 25.2 Å². The molecule has 1 fully saturated rings. The maximum Gasteiger partial charge on any atom is 0.303 e. The topological polar surface area (TPSA) is 98.0 Å². The fourth-order valence-electron chi connectivity index (χ4n) is 3.74. The highest BCUT2D eigenvalue weighted by Crippen LogP contribution is 2.37. The van der Waals surface area contributed by atoms with Gasteiger partial charge < -0.3 is 20.4 Å². The van der Waals surface area contributed by atoms with Gasteiger partial charge in [-0.15, -0.1) is 0 Å². The predicted octanol–water partition coefficient (Wildman–Crippen LogP) is 3.27. The van der Waals surface area contributed by atoms with Crippen LogP contribution in [-0.4, -0.2) is 44.7 Å². The molecule has 0 amide bonds. The summed E-state index contributed by atoms with van der Waals surface area (Å²) in [4.78, 5) is 10.5. The molecule has 5 nitrogen and oxygen atoms in total. The third-order valence-corrected chi connectivity index (χ3v) is 5.25. The third kappa shape index (κ3) is 8.84. The lowest BCUT2D eigenvalue weighted by atomic mass is 9.88. The van der Waals surface area contributed by atoms with Gasteiger partial charge >= 0.3 is 5.97 Å². The van der Waals surface area contributed by atoms with Crippen LogP contribution in [0.4, 0.5) is 0 Å². The van der Waals surface area contributed by atoms with Crippen molar-refractivity contribution in [1.29, 1.82) is 0 Å². The lowest BCUT2D eigenvalue weighted by Gasteiger charge is -2.21. The molecule has 5 heteroatoms. The normalized spacial score (nSPS) is 27.8. The van der Waals surface area contributed by atoms with Gasteiger partial charge in [-0.1, -0.05) is 57.6 Å². The Morgan fingerprint density at radius 2 is 1.80 bits per heavy atom. The molecule has 146 valence electrons. The number of carboxylic acids is 1. The number of aliphatic carboxylic acids is 1. The lowest BCUT2D eigenvalue weighted by Crippen LogP contribution is -2.21. The van der Waals surface area contributed by atoms with Gasteiger partial charge in [-0.2, -0.15) is 0 Å². The van der Waals surface area contributed by atoms with Crippen LogP contribution in [0.3, 0.4) is 0 Å². The number of rotatable bonds is 13. The first-order chi connectivity index (χ1) is 12.0. The molecule has 0 unspecified atom stereocenters. The van der Waals surface area contributed by atoms with E-state index in [1.165, 1.54) is 0 Å². The largest absolute Gasteiger partial charge is 0.481 e. The van der Waals surface area contributed by atoms with E-state index in [2.05, 4.69) is 6.92 Å². The Labute approximate surface area is 151 Å². The molecule has 0 radical (unpaired) electrons. The van der Waals surface area contributed by atoms with Gasteiger partial charge in [0.1, 0.15) is 0 Å². The molecule has 0 aromatic carbocycles. The third-order valence-electron chi connectivity index (χ3n) is 5.25. The van der Waals surface area contributed by atoms with Gasteiger partial charge in [0.05, 0.1) is 18.3 Å². The molecule has 5 atom stereocenters. The van der Waals surface area contributed by atoms with Crippen molar-refractivity contribution in [2.24, 2.45) is 11.8 Å². The maximum absolute atomic E-state index is 10.5. The van der Waals surface area contributed by atoms with Crippen molar-refractivity contribution in [3.63, 3.8) is 0 Å². The predicted molar refractivity (Wildman–Crippen MR) is 98.2 cm³/mol. The van der Waals surface area contributed by atoms with E-state index in [4.69, 9.17) is 5.11 Å². The number of hydrogen-bond acceptors (Lipinski definition) is 4. The molecule has 0 saturated heterocycles. The first-order valence-corrected chi connectivity index (χ1v) is 9.90. The van der Waals surface area contributed by atoms with Gasteiger partial charge in [-0.3, -0.25) is 4.79 Å². The van der Waals surface area contributed by atoms with Crippen molar-refractivity contribution in [3.05, 3.63) is 12.2 Å². The monoisotopic (exact) mass is 356 g/mol. The molecule has 25 heavy (non-hydrogen) atoms. The van der Waals surface area contributed by atoms with E-state index in [0.717, 1.165) is 51.4 Å². The molecule has 0 aliphatic heterocycles. The van der Waals surface area contributed by atoms with Crippen LogP contribution in [0.2, 0.25) is 0 Å². The molecule has 0 bridgehead atoms. The highest BCUT2D eigenvalue weighted by Gasteiger charge is 2.39. The summed E-state index contributed by atoms with van der Waals surface area (Å²) in [5, 5.41) is 39.0. The molecule has 0 aromatic heterocycles. The fourth-order valence-corrected chi connectivity index (χ4v) is 3.74. The average molecular weight is 357 g/mol. The minimum atomic E-state index is -0.753. The van der Waals surface area contributed by atoms with E-state index in [1.54, 1.807) is 6.08 Å². The van der Waals surface area contributed by atoms with E-state index in [1.807, 2.05) is 6.08 Å². The van der Waals surface area contributed by atoms with Gasteiger partial charge in [0.2, 0.25) is 0 Å². The summed E-state index contributed by atoms with van der Waals surface area (Å²) < 4.78 is 0. The van der Waals surface area contributed by atoms with Crippen LogP contribution in [0.5, 0.6) is 0 Å². The van der Waals surface area contributed by atoms with Gasteiger partial charge in [0, 0.05) is 18.8 Å². The number of unbranched alkanes of at least 4 members (excludes halogenated alkanes) is 5. The summed E-state index contributed by atoms with van der Waals surface area (Å²) in [6.45, 7) is 2.13. The molecule has 0 spiro atoms. The highest BCUT2D eigenvalue weighted by molar-refractivity contribution is 5.66. The van der Waals surface area contributed by atoms with Crippen molar-refractivity contribution in [3.8, 4) is 0 Å². The summed E-state index contributed by atoms with van der Waals surface area (Å²) in [5.41, 5.74) is 0. The Morgan fingerprint density at radius 1 is 1.08 bits per heavy atom. The first-order valence-electron chi connectivity index (χ1n) is 9.90. The van der Waals surface area contributed by atoms with Crippen LogP contribution in [-0.2, 0) is 4.79 Å². The second kappa shape index (κ2) is 12.4. The van der Waals surface area contributed by atoms with Crippen LogP contribution in [0.1, 0.15) is 77.6 Å². The Hall–Kier alpha value is -0.910. The maximum atomic E-state index is 10.5. The number of carboxylic acid groups (broad SMARTS) is 1. The van der Waals surface area contributed by atoms with Crippen molar-refractivity contribution < 1.29 is 25.2 Å². The van der Waals surface area contributed by atoms with E-state index in [-0.39, 0.29) is 18.3 Å². The quantitative estimate of drug-likeness (QED) is 0.300. The molecule has 0 aromatic rings. The number of hydrogen-bond donors (Lipinski definition) is 4. The second-order valence-corrected chi connectivity index (χ2v) is 7.41. The molecule has 4 N–H and O–H groups in total. The second-order valence-electron chi connectivity index (χ2n) is 7.41. The van der Waals surface area contributed by atoms with Crippen LogP contribution in [0.25, 0.3) is 0 Å². The number of aliphatic hydroxyl groups is 3. The Morgan fingerprint density at radius 3 is 2.48 bits per heavy atom. The van der Waals surface area contributed by atoms with Crippen molar-refractivity contribution in [1.82, 2.24) is 0 Å². The molecule has 1 saturated carbocycles. The van der Waals surface area contributed by atoms with Crippen molar-refractivity contribution in [2.75, 3.05) is 0 Å². The number of carbonyl (C=O) groups is 1.